The highest BCUT2D eigenvalue weighted by atomic mass is 32.1. The predicted octanol–water partition coefficient (Wildman–Crippen LogP) is 3.81. The largest absolute Gasteiger partial charge is 0.493 e. The maximum Gasteiger partial charge on any atom is 0.171 e. The topological polar surface area (TPSA) is 48.4 Å². The number of aromatic nitrogens is 1. The maximum atomic E-state index is 11.7. The number of methoxy groups -OCH3 is 1. The van der Waals surface area contributed by atoms with Crippen LogP contribution in [0.1, 0.15) is 46.1 Å². The molecule has 110 valence electrons. The second kappa shape index (κ2) is 5.85. The Kier molecular flexibility index (Phi) is 3.92. The molecule has 0 amide bonds. The molecular weight excluding hydrogens is 286 g/mol. The number of Topliss-reactive ketones (excluding diaryl/α,β-unsaturated/α-hetero) is 1. The number of carbonyl (C=O) groups is 1. The van der Waals surface area contributed by atoms with Crippen molar-refractivity contribution in [2.24, 2.45) is 0 Å². The molecule has 1 aromatic carbocycles. The normalized spacial score (nSPS) is 14.0. The van der Waals surface area contributed by atoms with E-state index in [0.29, 0.717) is 24.0 Å². The van der Waals surface area contributed by atoms with Crippen molar-refractivity contribution in [3.63, 3.8) is 0 Å². The van der Waals surface area contributed by atoms with E-state index in [1.807, 2.05) is 24.3 Å². The van der Waals surface area contributed by atoms with Gasteiger partial charge in [0, 0.05) is 12.8 Å². The fourth-order valence-electron chi connectivity index (χ4n) is 2.20. The van der Waals surface area contributed by atoms with Gasteiger partial charge in [-0.15, -0.1) is 11.3 Å². The van der Waals surface area contributed by atoms with Gasteiger partial charge in [-0.25, -0.2) is 4.98 Å². The molecule has 1 aliphatic carbocycles. The van der Waals surface area contributed by atoms with Crippen molar-refractivity contribution in [2.75, 3.05) is 7.11 Å². The molecule has 0 radical (unpaired) electrons. The molecule has 0 aliphatic heterocycles. The van der Waals surface area contributed by atoms with E-state index in [1.54, 1.807) is 14.0 Å². The molecule has 5 heteroatoms. The van der Waals surface area contributed by atoms with Crippen LogP contribution >= 0.6 is 11.3 Å². The van der Waals surface area contributed by atoms with Crippen LogP contribution in [-0.4, -0.2) is 17.9 Å². The van der Waals surface area contributed by atoms with Crippen LogP contribution in [0.2, 0.25) is 0 Å². The first-order valence-electron chi connectivity index (χ1n) is 6.95. The standard InChI is InChI=1S/C16H17NO3S/c1-10(18)16-15(11-7-8-11)17-14(21-16)9-20-13-6-4-3-5-12(13)19-2/h3-6,11H,7-9H2,1-2H3. The highest BCUT2D eigenvalue weighted by Gasteiger charge is 2.31. The Labute approximate surface area is 127 Å². The molecule has 1 aromatic heterocycles. The molecule has 3 rings (SSSR count). The van der Waals surface area contributed by atoms with E-state index in [4.69, 9.17) is 9.47 Å². The SMILES string of the molecule is COc1ccccc1OCc1nc(C2CC2)c(C(C)=O)s1. The van der Waals surface area contributed by atoms with Crippen LogP contribution in [0.15, 0.2) is 24.3 Å². The molecule has 2 aromatic rings. The van der Waals surface area contributed by atoms with Gasteiger partial charge in [0.2, 0.25) is 0 Å². The summed E-state index contributed by atoms with van der Waals surface area (Å²) in [6.45, 7) is 1.96. The van der Waals surface area contributed by atoms with Crippen LogP contribution in [0.5, 0.6) is 11.5 Å². The summed E-state index contributed by atoms with van der Waals surface area (Å²) in [4.78, 5) is 17.1. The van der Waals surface area contributed by atoms with Crippen molar-refractivity contribution < 1.29 is 14.3 Å². The van der Waals surface area contributed by atoms with E-state index in [2.05, 4.69) is 4.98 Å². The summed E-state index contributed by atoms with van der Waals surface area (Å²) in [5.74, 6) is 1.95. The summed E-state index contributed by atoms with van der Waals surface area (Å²) in [7, 11) is 1.62. The molecule has 1 saturated carbocycles. The molecule has 0 spiro atoms. The number of carbonyl (C=O) groups excluding carboxylic acids is 1. The minimum absolute atomic E-state index is 0.0953. The summed E-state index contributed by atoms with van der Waals surface area (Å²) in [5, 5.41) is 0.841. The highest BCUT2D eigenvalue weighted by molar-refractivity contribution is 7.13. The summed E-state index contributed by atoms with van der Waals surface area (Å²) in [5.41, 5.74) is 0.964. The first-order chi connectivity index (χ1) is 10.2. The van der Waals surface area contributed by atoms with Crippen molar-refractivity contribution in [1.82, 2.24) is 4.98 Å². The van der Waals surface area contributed by atoms with Crippen LogP contribution in [0.4, 0.5) is 0 Å². The first-order valence-corrected chi connectivity index (χ1v) is 7.77. The Morgan fingerprint density at radius 3 is 2.67 bits per heavy atom. The molecule has 1 fully saturated rings. The van der Waals surface area contributed by atoms with Crippen LogP contribution < -0.4 is 9.47 Å². The number of nitrogens with zero attached hydrogens (tertiary/aromatic N) is 1. The van der Waals surface area contributed by atoms with Gasteiger partial charge in [0.15, 0.2) is 17.3 Å². The summed E-state index contributed by atoms with van der Waals surface area (Å²) in [6.07, 6.45) is 2.27. The quantitative estimate of drug-likeness (QED) is 0.761. The number of hydrogen-bond acceptors (Lipinski definition) is 5. The maximum absolute atomic E-state index is 11.7. The predicted molar refractivity (Wildman–Crippen MR) is 81.4 cm³/mol. The van der Waals surface area contributed by atoms with Crippen LogP contribution in [0.3, 0.4) is 0 Å². The molecule has 0 saturated heterocycles. The van der Waals surface area contributed by atoms with Crippen molar-refractivity contribution in [3.8, 4) is 11.5 Å². The van der Waals surface area contributed by atoms with E-state index in [0.717, 1.165) is 28.4 Å². The number of thiazole rings is 1. The minimum atomic E-state index is 0.0953. The molecule has 0 unspecified atom stereocenters. The molecule has 1 heterocycles. The molecule has 0 atom stereocenters. The second-order valence-corrected chi connectivity index (χ2v) is 6.18. The number of hydrogen-bond donors (Lipinski definition) is 0. The van der Waals surface area contributed by atoms with Gasteiger partial charge < -0.3 is 9.47 Å². The van der Waals surface area contributed by atoms with E-state index < -0.39 is 0 Å². The Morgan fingerprint density at radius 2 is 2.05 bits per heavy atom. The first kappa shape index (κ1) is 14.1. The zero-order chi connectivity index (χ0) is 14.8. The van der Waals surface area contributed by atoms with Gasteiger partial charge in [-0.1, -0.05) is 12.1 Å². The summed E-state index contributed by atoms with van der Waals surface area (Å²) in [6, 6.07) is 7.51. The van der Waals surface area contributed by atoms with Crippen LogP contribution in [-0.2, 0) is 6.61 Å². The second-order valence-electron chi connectivity index (χ2n) is 5.09. The lowest BCUT2D eigenvalue weighted by atomic mass is 10.2. The van der Waals surface area contributed by atoms with Gasteiger partial charge in [0.05, 0.1) is 17.7 Å². The zero-order valence-corrected chi connectivity index (χ0v) is 12.9. The molecule has 21 heavy (non-hydrogen) atoms. The van der Waals surface area contributed by atoms with E-state index in [1.165, 1.54) is 11.3 Å². The number of rotatable bonds is 6. The average molecular weight is 303 g/mol. The number of ketones is 1. The average Bonchev–Trinajstić information content (AvgIpc) is 3.25. The fourth-order valence-corrected chi connectivity index (χ4v) is 3.16. The van der Waals surface area contributed by atoms with E-state index in [9.17, 15) is 4.79 Å². The Balaban J connectivity index is 1.76. The van der Waals surface area contributed by atoms with E-state index >= 15 is 0 Å². The van der Waals surface area contributed by atoms with Crippen molar-refractivity contribution >= 4 is 17.1 Å². The Bertz CT molecular complexity index is 661. The fraction of sp³-hybridized carbons (Fsp3) is 0.375. The molecule has 0 bridgehead atoms. The Hall–Kier alpha value is -1.88. The third-order valence-corrected chi connectivity index (χ3v) is 4.55. The molecule has 1 aliphatic rings. The van der Waals surface area contributed by atoms with Crippen molar-refractivity contribution in [1.29, 1.82) is 0 Å². The van der Waals surface area contributed by atoms with Gasteiger partial charge in [0.25, 0.3) is 0 Å². The van der Waals surface area contributed by atoms with Gasteiger partial charge in [-0.05, 0) is 25.0 Å². The van der Waals surface area contributed by atoms with Gasteiger partial charge in [0.1, 0.15) is 11.6 Å². The van der Waals surface area contributed by atoms with Crippen LogP contribution in [0, 0.1) is 0 Å². The number of para-hydroxylation sites is 2. The monoisotopic (exact) mass is 303 g/mol. The summed E-state index contributed by atoms with van der Waals surface area (Å²) < 4.78 is 11.0. The van der Waals surface area contributed by atoms with Gasteiger partial charge >= 0.3 is 0 Å². The molecule has 0 N–H and O–H groups in total. The lowest BCUT2D eigenvalue weighted by Gasteiger charge is -2.08. The lowest BCUT2D eigenvalue weighted by molar-refractivity contribution is 0.102. The highest BCUT2D eigenvalue weighted by Crippen LogP contribution is 2.43. The molecular formula is C16H17NO3S. The minimum Gasteiger partial charge on any atom is -0.493 e. The summed E-state index contributed by atoms with van der Waals surface area (Å²) >= 11 is 1.44. The van der Waals surface area contributed by atoms with Crippen LogP contribution in [0.25, 0.3) is 0 Å². The van der Waals surface area contributed by atoms with Crippen molar-refractivity contribution in [2.45, 2.75) is 32.3 Å². The lowest BCUT2D eigenvalue weighted by Crippen LogP contribution is -1.97. The smallest absolute Gasteiger partial charge is 0.171 e. The van der Waals surface area contributed by atoms with Gasteiger partial charge in [-0.3, -0.25) is 4.79 Å². The van der Waals surface area contributed by atoms with Crippen molar-refractivity contribution in [3.05, 3.63) is 39.8 Å². The van der Waals surface area contributed by atoms with Gasteiger partial charge in [-0.2, -0.15) is 0 Å². The Morgan fingerprint density at radius 1 is 1.33 bits per heavy atom. The number of ether oxygens (including phenoxy) is 2. The number of benzene rings is 1. The zero-order valence-electron chi connectivity index (χ0n) is 12.1. The third-order valence-electron chi connectivity index (χ3n) is 3.40. The molecule has 4 nitrogen and oxygen atoms in total. The third kappa shape index (κ3) is 3.08. The van der Waals surface area contributed by atoms with E-state index in [-0.39, 0.29) is 5.78 Å².